The minimum atomic E-state index is -0.439. The van der Waals surface area contributed by atoms with E-state index >= 15 is 0 Å². The third-order valence-corrected chi connectivity index (χ3v) is 1.86. The molecule has 0 radical (unpaired) electrons. The van der Waals surface area contributed by atoms with Gasteiger partial charge in [-0.25, -0.2) is 4.39 Å². The lowest BCUT2D eigenvalue weighted by molar-refractivity contribution is 0.100. The lowest BCUT2D eigenvalue weighted by atomic mass is 10.1. The normalized spacial score (nSPS) is 10.2. The Morgan fingerprint density at radius 3 is 2.79 bits per heavy atom. The number of hydrogen-bond acceptors (Lipinski definition) is 3. The summed E-state index contributed by atoms with van der Waals surface area (Å²) in [4.78, 5) is 11.1. The van der Waals surface area contributed by atoms with Crippen molar-refractivity contribution in [1.82, 2.24) is 0 Å². The molecule has 2 N–H and O–H groups in total. The Kier molecular flexibility index (Phi) is 3.73. The molecule has 0 amide bonds. The van der Waals surface area contributed by atoms with E-state index in [1.807, 2.05) is 0 Å². The van der Waals surface area contributed by atoms with Crippen LogP contribution in [0.5, 0.6) is 0 Å². The van der Waals surface area contributed by atoms with Gasteiger partial charge in [0.25, 0.3) is 0 Å². The van der Waals surface area contributed by atoms with Crippen LogP contribution in [0.15, 0.2) is 18.2 Å². The van der Waals surface area contributed by atoms with Crippen molar-refractivity contribution in [3.63, 3.8) is 0 Å². The van der Waals surface area contributed by atoms with Crippen molar-refractivity contribution in [3.8, 4) is 0 Å². The van der Waals surface area contributed by atoms with Crippen molar-refractivity contribution < 1.29 is 13.9 Å². The van der Waals surface area contributed by atoms with E-state index in [1.54, 1.807) is 6.07 Å². The van der Waals surface area contributed by atoms with Crippen LogP contribution in [0.1, 0.15) is 15.9 Å². The molecule has 1 aromatic carbocycles. The van der Waals surface area contributed by atoms with E-state index < -0.39 is 5.82 Å². The van der Waals surface area contributed by atoms with E-state index in [0.29, 0.717) is 11.1 Å². The summed E-state index contributed by atoms with van der Waals surface area (Å²) >= 11 is 0. The van der Waals surface area contributed by atoms with Crippen LogP contribution in [-0.4, -0.2) is 19.4 Å². The SMILES string of the molecule is COCc1ccc(C(=O)CN)cc1F. The minimum Gasteiger partial charge on any atom is -0.380 e. The van der Waals surface area contributed by atoms with Crippen LogP contribution in [0.4, 0.5) is 4.39 Å². The molecule has 0 fully saturated rings. The fourth-order valence-corrected chi connectivity index (χ4v) is 1.11. The van der Waals surface area contributed by atoms with E-state index in [4.69, 9.17) is 10.5 Å². The second-order valence-electron chi connectivity index (χ2n) is 2.87. The Balaban J connectivity index is 2.94. The molecule has 0 saturated carbocycles. The van der Waals surface area contributed by atoms with Gasteiger partial charge in [0.2, 0.25) is 0 Å². The van der Waals surface area contributed by atoms with Gasteiger partial charge in [0, 0.05) is 18.2 Å². The Hall–Kier alpha value is -1.26. The van der Waals surface area contributed by atoms with Crippen molar-refractivity contribution >= 4 is 5.78 Å². The molecule has 0 heterocycles. The summed E-state index contributed by atoms with van der Waals surface area (Å²) in [6.45, 7) is 0.0893. The number of rotatable bonds is 4. The number of Topliss-reactive ketones (excluding diaryl/α,β-unsaturated/α-hetero) is 1. The van der Waals surface area contributed by atoms with Gasteiger partial charge in [-0.05, 0) is 6.07 Å². The number of ketones is 1. The Morgan fingerprint density at radius 1 is 1.57 bits per heavy atom. The van der Waals surface area contributed by atoms with E-state index in [9.17, 15) is 9.18 Å². The highest BCUT2D eigenvalue weighted by Crippen LogP contribution is 2.11. The zero-order valence-electron chi connectivity index (χ0n) is 7.92. The van der Waals surface area contributed by atoms with Gasteiger partial charge in [-0.3, -0.25) is 4.79 Å². The predicted octanol–water partition coefficient (Wildman–Crippen LogP) is 1.11. The fourth-order valence-electron chi connectivity index (χ4n) is 1.11. The zero-order chi connectivity index (χ0) is 10.6. The first kappa shape index (κ1) is 10.8. The smallest absolute Gasteiger partial charge is 0.176 e. The number of benzene rings is 1. The van der Waals surface area contributed by atoms with Crippen LogP contribution in [0.3, 0.4) is 0 Å². The van der Waals surface area contributed by atoms with Gasteiger partial charge in [-0.2, -0.15) is 0 Å². The third kappa shape index (κ3) is 2.37. The van der Waals surface area contributed by atoms with Gasteiger partial charge >= 0.3 is 0 Å². The number of nitrogens with two attached hydrogens (primary N) is 1. The molecule has 0 unspecified atom stereocenters. The van der Waals surface area contributed by atoms with Crippen molar-refractivity contribution in [2.75, 3.05) is 13.7 Å². The van der Waals surface area contributed by atoms with Gasteiger partial charge in [0.15, 0.2) is 5.78 Å². The second kappa shape index (κ2) is 4.83. The fraction of sp³-hybridized carbons (Fsp3) is 0.300. The van der Waals surface area contributed by atoms with Gasteiger partial charge in [0.05, 0.1) is 13.2 Å². The summed E-state index contributed by atoms with van der Waals surface area (Å²) in [6, 6.07) is 4.26. The second-order valence-corrected chi connectivity index (χ2v) is 2.87. The molecule has 0 aromatic heterocycles. The lowest BCUT2D eigenvalue weighted by Crippen LogP contribution is -2.14. The number of ether oxygens (including phenoxy) is 1. The van der Waals surface area contributed by atoms with E-state index in [2.05, 4.69) is 0 Å². The highest BCUT2D eigenvalue weighted by molar-refractivity contribution is 5.97. The van der Waals surface area contributed by atoms with E-state index in [-0.39, 0.29) is 18.9 Å². The maximum absolute atomic E-state index is 13.3. The molecule has 0 saturated heterocycles. The summed E-state index contributed by atoms with van der Waals surface area (Å²) < 4.78 is 18.0. The number of carbonyl (C=O) groups is 1. The zero-order valence-corrected chi connectivity index (χ0v) is 7.92. The minimum absolute atomic E-state index is 0.108. The Morgan fingerprint density at radius 2 is 2.29 bits per heavy atom. The Bertz CT molecular complexity index is 339. The maximum atomic E-state index is 13.3. The van der Waals surface area contributed by atoms with Crippen LogP contribution >= 0.6 is 0 Å². The molecule has 0 atom stereocenters. The van der Waals surface area contributed by atoms with Gasteiger partial charge in [-0.15, -0.1) is 0 Å². The van der Waals surface area contributed by atoms with Crippen molar-refractivity contribution in [3.05, 3.63) is 35.1 Å². The quantitative estimate of drug-likeness (QED) is 0.736. The van der Waals surface area contributed by atoms with Crippen molar-refractivity contribution in [1.29, 1.82) is 0 Å². The number of hydrogen-bond donors (Lipinski definition) is 1. The molecule has 1 rings (SSSR count). The van der Waals surface area contributed by atoms with E-state index in [1.165, 1.54) is 19.2 Å². The first-order chi connectivity index (χ1) is 6.69. The Labute approximate surface area is 81.7 Å². The molecule has 76 valence electrons. The molecule has 3 nitrogen and oxygen atoms in total. The molecule has 0 spiro atoms. The molecule has 4 heteroatoms. The number of carbonyl (C=O) groups excluding carboxylic acids is 1. The molecule has 1 aromatic rings. The summed E-state index contributed by atoms with van der Waals surface area (Å²) in [6.07, 6.45) is 0. The molecule has 0 aliphatic heterocycles. The van der Waals surface area contributed by atoms with Crippen molar-refractivity contribution in [2.24, 2.45) is 5.73 Å². The lowest BCUT2D eigenvalue weighted by Gasteiger charge is -2.03. The molecule has 0 aliphatic carbocycles. The maximum Gasteiger partial charge on any atom is 0.176 e. The average molecular weight is 197 g/mol. The van der Waals surface area contributed by atoms with Crippen LogP contribution in [-0.2, 0) is 11.3 Å². The van der Waals surface area contributed by atoms with Crippen LogP contribution in [0, 0.1) is 5.82 Å². The molecular formula is C10H12FNO2. The largest absolute Gasteiger partial charge is 0.380 e. The molecule has 0 aliphatic rings. The van der Waals surface area contributed by atoms with Crippen LogP contribution in [0.2, 0.25) is 0 Å². The number of methoxy groups -OCH3 is 1. The first-order valence-corrected chi connectivity index (χ1v) is 4.19. The summed E-state index contributed by atoms with van der Waals surface area (Å²) in [7, 11) is 1.48. The summed E-state index contributed by atoms with van der Waals surface area (Å²) in [5, 5.41) is 0. The predicted molar refractivity (Wildman–Crippen MR) is 50.5 cm³/mol. The number of halogens is 1. The van der Waals surface area contributed by atoms with Crippen molar-refractivity contribution in [2.45, 2.75) is 6.61 Å². The average Bonchev–Trinajstić information content (AvgIpc) is 2.20. The van der Waals surface area contributed by atoms with Gasteiger partial charge < -0.3 is 10.5 Å². The monoisotopic (exact) mass is 197 g/mol. The van der Waals surface area contributed by atoms with E-state index in [0.717, 1.165) is 0 Å². The molecule has 14 heavy (non-hydrogen) atoms. The summed E-state index contributed by atoms with van der Waals surface area (Å²) in [5.74, 6) is -0.709. The standard InChI is InChI=1S/C10H12FNO2/c1-14-6-8-3-2-7(4-9(8)11)10(13)5-12/h2-4H,5-6,12H2,1H3. The topological polar surface area (TPSA) is 52.3 Å². The van der Waals surface area contributed by atoms with Gasteiger partial charge in [-0.1, -0.05) is 12.1 Å². The highest BCUT2D eigenvalue weighted by Gasteiger charge is 2.07. The molecule has 0 bridgehead atoms. The first-order valence-electron chi connectivity index (χ1n) is 4.19. The van der Waals surface area contributed by atoms with Crippen LogP contribution in [0.25, 0.3) is 0 Å². The molecular weight excluding hydrogens is 185 g/mol. The summed E-state index contributed by atoms with van der Waals surface area (Å²) in [5.41, 5.74) is 5.88. The third-order valence-electron chi connectivity index (χ3n) is 1.86. The van der Waals surface area contributed by atoms with Gasteiger partial charge in [0.1, 0.15) is 5.82 Å². The van der Waals surface area contributed by atoms with Crippen LogP contribution < -0.4 is 5.73 Å². The highest BCUT2D eigenvalue weighted by atomic mass is 19.1.